The molecule has 1 aromatic heterocycles. The fraction of sp³-hybridized carbons (Fsp3) is 0.222. The van der Waals surface area contributed by atoms with Crippen LogP contribution in [0.2, 0.25) is 0 Å². The number of hydrogen-bond acceptors (Lipinski definition) is 4. The van der Waals surface area contributed by atoms with Gasteiger partial charge >= 0.3 is 0 Å². The average Bonchev–Trinajstić information content (AvgIpc) is 3.11. The van der Waals surface area contributed by atoms with E-state index in [1.165, 1.54) is 4.90 Å². The molecule has 0 bridgehead atoms. The molecular formula is C18H18N2O3S. The van der Waals surface area contributed by atoms with Crippen molar-refractivity contribution in [2.24, 2.45) is 0 Å². The number of benzene rings is 1. The summed E-state index contributed by atoms with van der Waals surface area (Å²) in [5, 5.41) is 3.33. The fourth-order valence-corrected chi connectivity index (χ4v) is 2.74. The average molecular weight is 342 g/mol. The van der Waals surface area contributed by atoms with Crippen LogP contribution in [-0.2, 0) is 11.4 Å². The summed E-state index contributed by atoms with van der Waals surface area (Å²) in [5.41, 5.74) is 1.49. The van der Waals surface area contributed by atoms with Gasteiger partial charge in [0.15, 0.2) is 5.11 Å². The van der Waals surface area contributed by atoms with E-state index in [2.05, 4.69) is 5.32 Å². The van der Waals surface area contributed by atoms with E-state index >= 15 is 0 Å². The van der Waals surface area contributed by atoms with Gasteiger partial charge in [-0.2, -0.15) is 0 Å². The van der Waals surface area contributed by atoms with Crippen molar-refractivity contribution in [2.75, 3.05) is 6.54 Å². The highest BCUT2D eigenvalue weighted by Gasteiger charge is 2.29. The Morgan fingerprint density at radius 2 is 2.08 bits per heavy atom. The lowest BCUT2D eigenvalue weighted by Crippen LogP contribution is -2.30. The predicted octanol–water partition coefficient (Wildman–Crippen LogP) is 3.24. The van der Waals surface area contributed by atoms with E-state index in [9.17, 15) is 4.79 Å². The molecule has 0 atom stereocenters. The van der Waals surface area contributed by atoms with Gasteiger partial charge in [0.1, 0.15) is 29.6 Å². The van der Waals surface area contributed by atoms with Gasteiger partial charge in [0.25, 0.3) is 5.91 Å². The maximum absolute atomic E-state index is 12.1. The van der Waals surface area contributed by atoms with Crippen LogP contribution in [-0.4, -0.2) is 22.5 Å². The number of nitrogens with zero attached hydrogens (tertiary/aromatic N) is 1. The summed E-state index contributed by atoms with van der Waals surface area (Å²) < 4.78 is 11.5. The Morgan fingerprint density at radius 3 is 2.79 bits per heavy atom. The zero-order chi connectivity index (χ0) is 17.1. The molecule has 0 spiro atoms. The molecule has 0 unspecified atom stereocenters. The molecule has 2 heterocycles. The molecule has 3 rings (SSSR count). The highest BCUT2D eigenvalue weighted by molar-refractivity contribution is 7.80. The van der Waals surface area contributed by atoms with Crippen molar-refractivity contribution >= 4 is 29.3 Å². The summed E-state index contributed by atoms with van der Waals surface area (Å²) in [7, 11) is 0. The number of ether oxygens (including phenoxy) is 1. The van der Waals surface area contributed by atoms with Gasteiger partial charge in [0, 0.05) is 12.6 Å². The first-order chi connectivity index (χ1) is 11.6. The van der Waals surface area contributed by atoms with Gasteiger partial charge in [0.05, 0.1) is 0 Å². The second-order valence-electron chi connectivity index (χ2n) is 5.40. The normalized spacial score (nSPS) is 15.9. The van der Waals surface area contributed by atoms with Crippen LogP contribution < -0.4 is 10.1 Å². The number of amides is 1. The zero-order valence-corrected chi connectivity index (χ0v) is 14.4. The van der Waals surface area contributed by atoms with Crippen LogP contribution in [0.3, 0.4) is 0 Å². The van der Waals surface area contributed by atoms with E-state index in [0.717, 1.165) is 11.3 Å². The number of hydrogen-bond donors (Lipinski definition) is 1. The highest BCUT2D eigenvalue weighted by Crippen LogP contribution is 2.20. The molecule has 2 aromatic rings. The van der Waals surface area contributed by atoms with E-state index in [1.54, 1.807) is 12.1 Å². The number of carbonyl (C=O) groups excluding carboxylic acids is 1. The highest BCUT2D eigenvalue weighted by atomic mass is 32.1. The van der Waals surface area contributed by atoms with E-state index in [0.29, 0.717) is 35.5 Å². The number of rotatable bonds is 5. The lowest BCUT2D eigenvalue weighted by Gasteiger charge is -2.08. The lowest BCUT2D eigenvalue weighted by molar-refractivity contribution is -0.122. The van der Waals surface area contributed by atoms with Crippen LogP contribution in [0.15, 0.2) is 46.5 Å². The summed E-state index contributed by atoms with van der Waals surface area (Å²) in [6, 6.07) is 11.4. The molecule has 1 saturated heterocycles. The van der Waals surface area contributed by atoms with Crippen LogP contribution >= 0.6 is 12.2 Å². The topological polar surface area (TPSA) is 54.7 Å². The van der Waals surface area contributed by atoms with Crippen molar-refractivity contribution < 1.29 is 13.9 Å². The van der Waals surface area contributed by atoms with E-state index in [1.807, 2.05) is 44.2 Å². The molecule has 1 aliphatic heterocycles. The molecule has 1 aromatic carbocycles. The van der Waals surface area contributed by atoms with Crippen molar-refractivity contribution in [1.29, 1.82) is 0 Å². The van der Waals surface area contributed by atoms with Gasteiger partial charge in [-0.05, 0) is 49.8 Å². The summed E-state index contributed by atoms with van der Waals surface area (Å²) in [6.07, 6.45) is 1.65. The standard InChI is InChI=1S/C18H18N2O3S/c1-3-20-17(21)15(19-18(20)24)10-13-8-9-14(23-13)11-22-16-7-5-4-6-12(16)2/h4-10H,3,11H2,1-2H3,(H,19,24)/b15-10+. The predicted molar refractivity (Wildman–Crippen MR) is 95.3 cm³/mol. The Balaban J connectivity index is 1.68. The minimum atomic E-state index is -0.142. The Labute approximate surface area is 145 Å². The van der Waals surface area contributed by atoms with Gasteiger partial charge in [-0.15, -0.1) is 0 Å². The molecule has 24 heavy (non-hydrogen) atoms. The van der Waals surface area contributed by atoms with Crippen molar-refractivity contribution in [2.45, 2.75) is 20.5 Å². The molecule has 1 aliphatic rings. The Hall–Kier alpha value is -2.60. The van der Waals surface area contributed by atoms with Crippen molar-refractivity contribution in [1.82, 2.24) is 10.2 Å². The van der Waals surface area contributed by atoms with Gasteiger partial charge in [-0.1, -0.05) is 18.2 Å². The van der Waals surface area contributed by atoms with Crippen molar-refractivity contribution in [3.63, 3.8) is 0 Å². The first kappa shape index (κ1) is 16.3. The quantitative estimate of drug-likeness (QED) is 0.668. The number of nitrogens with one attached hydrogen (secondary N) is 1. The number of para-hydroxylation sites is 1. The van der Waals surface area contributed by atoms with Crippen molar-refractivity contribution in [3.05, 3.63) is 59.2 Å². The first-order valence-corrected chi connectivity index (χ1v) is 8.11. The van der Waals surface area contributed by atoms with Crippen molar-refractivity contribution in [3.8, 4) is 5.75 Å². The number of aryl methyl sites for hydroxylation is 1. The van der Waals surface area contributed by atoms with E-state index in [4.69, 9.17) is 21.4 Å². The monoisotopic (exact) mass is 342 g/mol. The maximum atomic E-state index is 12.1. The minimum Gasteiger partial charge on any atom is -0.485 e. The van der Waals surface area contributed by atoms with E-state index in [-0.39, 0.29) is 5.91 Å². The van der Waals surface area contributed by atoms with Gasteiger partial charge in [-0.25, -0.2) is 0 Å². The van der Waals surface area contributed by atoms with Gasteiger partial charge < -0.3 is 14.5 Å². The summed E-state index contributed by atoms with van der Waals surface area (Å²) in [4.78, 5) is 13.7. The number of furan rings is 1. The number of thiocarbonyl (C=S) groups is 1. The third-order valence-electron chi connectivity index (χ3n) is 3.71. The zero-order valence-electron chi connectivity index (χ0n) is 13.5. The van der Waals surface area contributed by atoms with Crippen LogP contribution in [0.25, 0.3) is 6.08 Å². The molecule has 0 saturated carbocycles. The smallest absolute Gasteiger partial charge is 0.276 e. The SMILES string of the molecule is CCN1C(=O)/C(=C\c2ccc(COc3ccccc3C)o2)NC1=S. The summed E-state index contributed by atoms with van der Waals surface area (Å²) >= 11 is 5.13. The van der Waals surface area contributed by atoms with E-state index < -0.39 is 0 Å². The molecule has 1 amide bonds. The number of likely N-dealkylation sites (N-methyl/N-ethyl adjacent to an activating group) is 1. The van der Waals surface area contributed by atoms with Crippen LogP contribution in [0, 0.1) is 6.92 Å². The maximum Gasteiger partial charge on any atom is 0.276 e. The largest absolute Gasteiger partial charge is 0.485 e. The lowest BCUT2D eigenvalue weighted by atomic mass is 10.2. The third kappa shape index (κ3) is 3.33. The minimum absolute atomic E-state index is 0.142. The van der Waals surface area contributed by atoms with Gasteiger partial charge in [0.2, 0.25) is 0 Å². The molecule has 1 fully saturated rings. The Kier molecular flexibility index (Phi) is 4.66. The Bertz CT molecular complexity index is 810. The molecular weight excluding hydrogens is 324 g/mol. The third-order valence-corrected chi connectivity index (χ3v) is 4.03. The Morgan fingerprint density at radius 1 is 1.29 bits per heavy atom. The van der Waals surface area contributed by atoms with Crippen LogP contribution in [0.5, 0.6) is 5.75 Å². The summed E-state index contributed by atoms with van der Waals surface area (Å²) in [6.45, 7) is 4.74. The molecule has 5 nitrogen and oxygen atoms in total. The molecule has 0 radical (unpaired) electrons. The van der Waals surface area contributed by atoms with Crippen LogP contribution in [0.4, 0.5) is 0 Å². The molecule has 6 heteroatoms. The molecule has 0 aliphatic carbocycles. The fourth-order valence-electron chi connectivity index (χ4n) is 2.42. The summed E-state index contributed by atoms with van der Waals surface area (Å²) in [5.74, 6) is 1.95. The molecule has 1 N–H and O–H groups in total. The number of carbonyl (C=O) groups is 1. The second-order valence-corrected chi connectivity index (χ2v) is 5.78. The second kappa shape index (κ2) is 6.88. The molecule has 124 valence electrons. The van der Waals surface area contributed by atoms with Gasteiger partial charge in [-0.3, -0.25) is 9.69 Å². The van der Waals surface area contributed by atoms with Crippen LogP contribution in [0.1, 0.15) is 24.0 Å². The first-order valence-electron chi connectivity index (χ1n) is 7.70.